The Morgan fingerprint density at radius 1 is 1.11 bits per heavy atom. The predicted molar refractivity (Wildman–Crippen MR) is 113 cm³/mol. The van der Waals surface area contributed by atoms with Gasteiger partial charge in [0.05, 0.1) is 18.0 Å². The zero-order valence-electron chi connectivity index (χ0n) is 16.8. The van der Waals surface area contributed by atoms with Crippen LogP contribution in [0.15, 0.2) is 60.8 Å². The van der Waals surface area contributed by atoms with Gasteiger partial charge >= 0.3 is 0 Å². The van der Waals surface area contributed by atoms with E-state index in [9.17, 15) is 0 Å². The van der Waals surface area contributed by atoms with Crippen LogP contribution < -0.4 is 10.1 Å². The lowest BCUT2D eigenvalue weighted by atomic mass is 10.1. The van der Waals surface area contributed by atoms with Crippen molar-refractivity contribution in [3.05, 3.63) is 77.6 Å². The zero-order valence-corrected chi connectivity index (χ0v) is 16.8. The maximum absolute atomic E-state index is 6.14. The van der Waals surface area contributed by atoms with Crippen molar-refractivity contribution in [3.63, 3.8) is 0 Å². The summed E-state index contributed by atoms with van der Waals surface area (Å²) in [6.45, 7) is 5.13. The summed E-state index contributed by atoms with van der Waals surface area (Å²) < 4.78 is 8.14. The molecule has 1 fully saturated rings. The third-order valence-corrected chi connectivity index (χ3v) is 5.63. The van der Waals surface area contributed by atoms with Crippen molar-refractivity contribution in [2.24, 2.45) is 0 Å². The van der Waals surface area contributed by atoms with Gasteiger partial charge in [0.1, 0.15) is 5.75 Å². The molecule has 0 aliphatic heterocycles. The van der Waals surface area contributed by atoms with Crippen molar-refractivity contribution in [2.45, 2.75) is 58.2 Å². The van der Waals surface area contributed by atoms with E-state index in [-0.39, 0.29) is 6.04 Å². The molecular formula is C24H29N3O. The number of hydrogen-bond donors (Lipinski definition) is 1. The number of nitrogens with zero attached hydrogens (tertiary/aromatic N) is 2. The lowest BCUT2D eigenvalue weighted by Crippen LogP contribution is -2.19. The van der Waals surface area contributed by atoms with Crippen molar-refractivity contribution in [1.29, 1.82) is 0 Å². The molecule has 0 radical (unpaired) electrons. The Labute approximate surface area is 167 Å². The first-order valence-electron chi connectivity index (χ1n) is 10.3. The van der Waals surface area contributed by atoms with Gasteiger partial charge in [0.2, 0.25) is 0 Å². The van der Waals surface area contributed by atoms with Crippen LogP contribution in [0, 0.1) is 6.92 Å². The molecular weight excluding hydrogens is 346 g/mol. The molecule has 0 saturated heterocycles. The standard InChI is InChI=1S/C24H29N3O/c1-18(24-17-26-27(19(24)2)21-10-4-3-5-11-21)25-16-20-9-8-14-23(15-20)28-22-12-6-7-13-22/h3-5,8-11,14-15,17-18,22,25H,6-7,12-13,16H2,1-2H3/t18-/m0/s1. The van der Waals surface area contributed by atoms with Gasteiger partial charge in [-0.3, -0.25) is 0 Å². The molecule has 2 aromatic carbocycles. The van der Waals surface area contributed by atoms with Crippen LogP contribution >= 0.6 is 0 Å². The molecule has 1 N–H and O–H groups in total. The molecule has 0 bridgehead atoms. The van der Waals surface area contributed by atoms with E-state index in [1.165, 1.54) is 42.5 Å². The minimum atomic E-state index is 0.219. The molecule has 0 unspecified atom stereocenters. The maximum atomic E-state index is 6.14. The largest absolute Gasteiger partial charge is 0.490 e. The number of hydrogen-bond acceptors (Lipinski definition) is 3. The molecule has 146 valence electrons. The van der Waals surface area contributed by atoms with Crippen molar-refractivity contribution in [3.8, 4) is 11.4 Å². The monoisotopic (exact) mass is 375 g/mol. The third kappa shape index (κ3) is 4.28. The summed E-state index contributed by atoms with van der Waals surface area (Å²) in [5.74, 6) is 0.993. The van der Waals surface area contributed by atoms with Crippen LogP contribution in [0.1, 0.15) is 55.5 Å². The van der Waals surface area contributed by atoms with Gasteiger partial charge in [0.25, 0.3) is 0 Å². The van der Waals surface area contributed by atoms with Crippen molar-refractivity contribution in [1.82, 2.24) is 15.1 Å². The first kappa shape index (κ1) is 18.8. The van der Waals surface area contributed by atoms with Gasteiger partial charge in [0.15, 0.2) is 0 Å². The number of rotatable bonds is 7. The van der Waals surface area contributed by atoms with Crippen LogP contribution in [-0.4, -0.2) is 15.9 Å². The summed E-state index contributed by atoms with van der Waals surface area (Å²) in [4.78, 5) is 0. The fraction of sp³-hybridized carbons (Fsp3) is 0.375. The van der Waals surface area contributed by atoms with E-state index < -0.39 is 0 Å². The molecule has 28 heavy (non-hydrogen) atoms. The number of nitrogens with one attached hydrogen (secondary N) is 1. The van der Waals surface area contributed by atoms with Gasteiger partial charge in [0, 0.05) is 23.8 Å². The fourth-order valence-corrected chi connectivity index (χ4v) is 3.99. The van der Waals surface area contributed by atoms with Gasteiger partial charge in [-0.05, 0) is 69.4 Å². The molecule has 4 rings (SSSR count). The first-order chi connectivity index (χ1) is 13.7. The van der Waals surface area contributed by atoms with E-state index in [0.29, 0.717) is 6.10 Å². The normalized spacial score (nSPS) is 15.6. The average Bonchev–Trinajstić information content (AvgIpc) is 3.37. The van der Waals surface area contributed by atoms with Crippen molar-refractivity contribution < 1.29 is 4.74 Å². The van der Waals surface area contributed by atoms with Crippen molar-refractivity contribution >= 4 is 0 Å². The van der Waals surface area contributed by atoms with E-state index in [1.807, 2.05) is 29.1 Å². The summed E-state index contributed by atoms with van der Waals surface area (Å²) in [6, 6.07) is 19.0. The number of benzene rings is 2. The minimum Gasteiger partial charge on any atom is -0.490 e. The molecule has 1 heterocycles. The topological polar surface area (TPSA) is 39.1 Å². The summed E-state index contributed by atoms with van der Waals surface area (Å²) >= 11 is 0. The van der Waals surface area contributed by atoms with Gasteiger partial charge in [-0.1, -0.05) is 30.3 Å². The lowest BCUT2D eigenvalue weighted by molar-refractivity contribution is 0.210. The molecule has 1 aliphatic rings. The summed E-state index contributed by atoms with van der Waals surface area (Å²) in [5, 5.41) is 8.22. The molecule has 1 atom stereocenters. The van der Waals surface area contributed by atoms with E-state index in [0.717, 1.165) is 18.0 Å². The highest BCUT2D eigenvalue weighted by atomic mass is 16.5. The second-order valence-corrected chi connectivity index (χ2v) is 7.71. The van der Waals surface area contributed by atoms with Crippen LogP contribution in [0.5, 0.6) is 5.75 Å². The number of aromatic nitrogens is 2. The van der Waals surface area contributed by atoms with Gasteiger partial charge < -0.3 is 10.1 Å². The summed E-state index contributed by atoms with van der Waals surface area (Å²) in [5.41, 5.74) is 4.73. The Balaban J connectivity index is 1.39. The van der Waals surface area contributed by atoms with E-state index in [2.05, 4.69) is 60.7 Å². The van der Waals surface area contributed by atoms with Crippen molar-refractivity contribution in [2.75, 3.05) is 0 Å². The lowest BCUT2D eigenvalue weighted by Gasteiger charge is -2.16. The molecule has 0 amide bonds. The molecule has 4 nitrogen and oxygen atoms in total. The number of para-hydroxylation sites is 1. The maximum Gasteiger partial charge on any atom is 0.120 e. The average molecular weight is 376 g/mol. The van der Waals surface area contributed by atoms with Crippen LogP contribution in [0.25, 0.3) is 5.69 Å². The highest BCUT2D eigenvalue weighted by molar-refractivity contribution is 5.35. The molecule has 1 aliphatic carbocycles. The van der Waals surface area contributed by atoms with Crippen LogP contribution in [0.3, 0.4) is 0 Å². The molecule has 1 saturated carbocycles. The Hall–Kier alpha value is -2.59. The predicted octanol–water partition coefficient (Wildman–Crippen LogP) is 5.35. The summed E-state index contributed by atoms with van der Waals surface area (Å²) in [6.07, 6.45) is 7.32. The van der Waals surface area contributed by atoms with Gasteiger partial charge in [-0.15, -0.1) is 0 Å². The molecule has 3 aromatic rings. The first-order valence-corrected chi connectivity index (χ1v) is 10.3. The van der Waals surface area contributed by atoms with Crippen LogP contribution in [0.4, 0.5) is 0 Å². The molecule has 0 spiro atoms. The van der Waals surface area contributed by atoms with Gasteiger partial charge in [-0.25, -0.2) is 4.68 Å². The smallest absolute Gasteiger partial charge is 0.120 e. The SMILES string of the molecule is Cc1c([C@H](C)NCc2cccc(OC3CCCC3)c2)cnn1-c1ccccc1. The fourth-order valence-electron chi connectivity index (χ4n) is 3.99. The number of ether oxygens (including phenoxy) is 1. The van der Waals surface area contributed by atoms with Crippen LogP contribution in [-0.2, 0) is 6.54 Å². The van der Waals surface area contributed by atoms with Crippen LogP contribution in [0.2, 0.25) is 0 Å². The third-order valence-electron chi connectivity index (χ3n) is 5.63. The minimum absolute atomic E-state index is 0.219. The van der Waals surface area contributed by atoms with Gasteiger partial charge in [-0.2, -0.15) is 5.10 Å². The molecule has 1 aromatic heterocycles. The zero-order chi connectivity index (χ0) is 19.3. The van der Waals surface area contributed by atoms with E-state index >= 15 is 0 Å². The van der Waals surface area contributed by atoms with E-state index in [4.69, 9.17) is 4.74 Å². The Bertz CT molecular complexity index is 897. The second-order valence-electron chi connectivity index (χ2n) is 7.71. The highest BCUT2D eigenvalue weighted by Crippen LogP contribution is 2.25. The highest BCUT2D eigenvalue weighted by Gasteiger charge is 2.17. The Kier molecular flexibility index (Phi) is 5.77. The summed E-state index contributed by atoms with van der Waals surface area (Å²) in [7, 11) is 0. The second kappa shape index (κ2) is 8.61. The van der Waals surface area contributed by atoms with E-state index in [1.54, 1.807) is 0 Å². The Morgan fingerprint density at radius 2 is 1.89 bits per heavy atom. The quantitative estimate of drug-likeness (QED) is 0.605. The molecule has 4 heteroatoms. The Morgan fingerprint density at radius 3 is 2.68 bits per heavy atom.